The van der Waals surface area contributed by atoms with Crippen LogP contribution in [0, 0.1) is 6.92 Å². The molecule has 1 N–H and O–H groups in total. The third kappa shape index (κ3) is 5.91. The molecule has 0 radical (unpaired) electrons. The van der Waals surface area contributed by atoms with Gasteiger partial charge in [-0.1, -0.05) is 60.2 Å². The molecule has 1 aliphatic rings. The molecule has 1 heterocycles. The van der Waals surface area contributed by atoms with Crippen molar-refractivity contribution in [3.8, 4) is 0 Å². The summed E-state index contributed by atoms with van der Waals surface area (Å²) in [5, 5.41) is 8.78. The van der Waals surface area contributed by atoms with Crippen molar-refractivity contribution in [1.29, 1.82) is 0 Å². The van der Waals surface area contributed by atoms with E-state index in [2.05, 4.69) is 60.4 Å². The number of carboxylic acid groups (broad SMARTS) is 1. The van der Waals surface area contributed by atoms with E-state index in [4.69, 9.17) is 9.84 Å². The van der Waals surface area contributed by atoms with Gasteiger partial charge in [0.25, 0.3) is 0 Å². The van der Waals surface area contributed by atoms with E-state index in [0.29, 0.717) is 0 Å². The molecule has 3 rings (SSSR count). The van der Waals surface area contributed by atoms with Crippen molar-refractivity contribution in [2.75, 3.05) is 19.6 Å². The number of likely N-dealkylation sites (tertiary alicyclic amines) is 1. The zero-order chi connectivity index (χ0) is 19.1. The summed E-state index contributed by atoms with van der Waals surface area (Å²) in [4.78, 5) is 13.0. The average Bonchev–Trinajstić information content (AvgIpc) is 2.68. The van der Waals surface area contributed by atoms with E-state index in [-0.39, 0.29) is 18.6 Å². The SMILES string of the molecule is Cc1ccc(C(OC2CCN(CCCC(=O)O)CC2)c2ccccc2)cc1. The van der Waals surface area contributed by atoms with Gasteiger partial charge in [0.15, 0.2) is 0 Å². The van der Waals surface area contributed by atoms with Crippen molar-refractivity contribution in [3.63, 3.8) is 0 Å². The van der Waals surface area contributed by atoms with E-state index in [0.717, 1.165) is 38.9 Å². The van der Waals surface area contributed by atoms with Crippen LogP contribution in [0.2, 0.25) is 0 Å². The lowest BCUT2D eigenvalue weighted by molar-refractivity contribution is -0.137. The first-order valence-corrected chi connectivity index (χ1v) is 9.83. The molecule has 0 aliphatic carbocycles. The maximum atomic E-state index is 10.7. The fraction of sp³-hybridized carbons (Fsp3) is 0.435. The number of aryl methyl sites for hydroxylation is 1. The topological polar surface area (TPSA) is 49.8 Å². The van der Waals surface area contributed by atoms with E-state index < -0.39 is 5.97 Å². The van der Waals surface area contributed by atoms with Crippen molar-refractivity contribution in [2.24, 2.45) is 0 Å². The minimum Gasteiger partial charge on any atom is -0.481 e. The highest BCUT2D eigenvalue weighted by Gasteiger charge is 2.24. The van der Waals surface area contributed by atoms with E-state index in [1.165, 1.54) is 16.7 Å². The number of piperidine rings is 1. The molecule has 0 spiro atoms. The number of ether oxygens (including phenoxy) is 1. The predicted molar refractivity (Wildman–Crippen MR) is 107 cm³/mol. The van der Waals surface area contributed by atoms with Crippen LogP contribution in [0.15, 0.2) is 54.6 Å². The standard InChI is InChI=1S/C23H29NO3/c1-18-9-11-20(12-10-18)23(19-6-3-2-4-7-19)27-21-13-16-24(17-14-21)15-5-8-22(25)26/h2-4,6-7,9-12,21,23H,5,8,13-17H2,1H3,(H,25,26). The van der Waals surface area contributed by atoms with Gasteiger partial charge in [0.1, 0.15) is 6.10 Å². The molecule has 1 atom stereocenters. The van der Waals surface area contributed by atoms with E-state index in [1.54, 1.807) is 0 Å². The van der Waals surface area contributed by atoms with Crippen LogP contribution in [0.5, 0.6) is 0 Å². The molecule has 144 valence electrons. The number of carbonyl (C=O) groups is 1. The molecule has 0 aromatic heterocycles. The largest absolute Gasteiger partial charge is 0.481 e. The highest BCUT2D eigenvalue weighted by molar-refractivity contribution is 5.66. The third-order valence-electron chi connectivity index (χ3n) is 5.21. The lowest BCUT2D eigenvalue weighted by atomic mass is 9.99. The molecule has 4 heteroatoms. The molecule has 4 nitrogen and oxygen atoms in total. The first-order valence-electron chi connectivity index (χ1n) is 9.83. The van der Waals surface area contributed by atoms with Crippen LogP contribution in [0.4, 0.5) is 0 Å². The average molecular weight is 367 g/mol. The highest BCUT2D eigenvalue weighted by Crippen LogP contribution is 2.30. The highest BCUT2D eigenvalue weighted by atomic mass is 16.5. The second-order valence-electron chi connectivity index (χ2n) is 7.38. The van der Waals surface area contributed by atoms with Crippen LogP contribution in [0.25, 0.3) is 0 Å². The summed E-state index contributed by atoms with van der Waals surface area (Å²) >= 11 is 0. The van der Waals surface area contributed by atoms with E-state index >= 15 is 0 Å². The Balaban J connectivity index is 1.60. The Morgan fingerprint density at radius 1 is 1.07 bits per heavy atom. The lowest BCUT2D eigenvalue weighted by Gasteiger charge is -2.34. The van der Waals surface area contributed by atoms with Gasteiger partial charge in [-0.15, -0.1) is 0 Å². The summed E-state index contributed by atoms with van der Waals surface area (Å²) in [7, 11) is 0. The van der Waals surface area contributed by atoms with E-state index in [1.807, 2.05) is 6.07 Å². The normalized spacial score (nSPS) is 16.9. The predicted octanol–water partition coefficient (Wildman–Crippen LogP) is 4.43. The molecule has 0 saturated carbocycles. The molecule has 2 aromatic rings. The van der Waals surface area contributed by atoms with Crippen LogP contribution in [-0.2, 0) is 9.53 Å². The first-order chi connectivity index (χ1) is 13.1. The molecule has 2 aromatic carbocycles. The Morgan fingerprint density at radius 3 is 2.33 bits per heavy atom. The summed E-state index contributed by atoms with van der Waals surface area (Å²) in [5.74, 6) is -0.711. The van der Waals surface area contributed by atoms with Crippen LogP contribution in [0.3, 0.4) is 0 Å². The van der Waals surface area contributed by atoms with Crippen molar-refractivity contribution >= 4 is 5.97 Å². The molecule has 1 unspecified atom stereocenters. The summed E-state index contributed by atoms with van der Waals surface area (Å²) in [6.07, 6.45) is 3.13. The Kier molecular flexibility index (Phi) is 7.02. The van der Waals surface area contributed by atoms with Gasteiger partial charge in [-0.2, -0.15) is 0 Å². The van der Waals surface area contributed by atoms with Gasteiger partial charge in [0.05, 0.1) is 6.10 Å². The second-order valence-corrected chi connectivity index (χ2v) is 7.38. The maximum absolute atomic E-state index is 10.7. The molecule has 0 bridgehead atoms. The van der Waals surface area contributed by atoms with Gasteiger partial charge in [0.2, 0.25) is 0 Å². The third-order valence-corrected chi connectivity index (χ3v) is 5.21. The summed E-state index contributed by atoms with van der Waals surface area (Å²) in [6, 6.07) is 19.0. The zero-order valence-corrected chi connectivity index (χ0v) is 16.0. The van der Waals surface area contributed by atoms with Gasteiger partial charge >= 0.3 is 5.97 Å². The number of benzene rings is 2. The van der Waals surface area contributed by atoms with Crippen LogP contribution >= 0.6 is 0 Å². The number of rotatable bonds is 8. The lowest BCUT2D eigenvalue weighted by Crippen LogP contribution is -2.38. The second kappa shape index (κ2) is 9.67. The van der Waals surface area contributed by atoms with E-state index in [9.17, 15) is 4.79 Å². The van der Waals surface area contributed by atoms with Gasteiger partial charge < -0.3 is 14.7 Å². The minimum atomic E-state index is -0.711. The molecular weight excluding hydrogens is 338 g/mol. The number of aliphatic carboxylic acids is 1. The van der Waals surface area contributed by atoms with Crippen LogP contribution in [0.1, 0.15) is 48.5 Å². The molecular formula is C23H29NO3. The van der Waals surface area contributed by atoms with Gasteiger partial charge in [-0.25, -0.2) is 0 Å². The summed E-state index contributed by atoms with van der Waals surface area (Å²) in [5.41, 5.74) is 3.63. The quantitative estimate of drug-likeness (QED) is 0.750. The zero-order valence-electron chi connectivity index (χ0n) is 16.0. The van der Waals surface area contributed by atoms with Crippen molar-refractivity contribution in [1.82, 2.24) is 4.90 Å². The van der Waals surface area contributed by atoms with Gasteiger partial charge in [0, 0.05) is 19.5 Å². The number of carboxylic acids is 1. The monoisotopic (exact) mass is 367 g/mol. The van der Waals surface area contributed by atoms with Crippen LogP contribution < -0.4 is 0 Å². The molecule has 1 saturated heterocycles. The van der Waals surface area contributed by atoms with Crippen molar-refractivity contribution in [3.05, 3.63) is 71.3 Å². The minimum absolute atomic E-state index is 0.0460. The smallest absolute Gasteiger partial charge is 0.303 e. The Morgan fingerprint density at radius 2 is 1.70 bits per heavy atom. The number of nitrogens with zero attached hydrogens (tertiary/aromatic N) is 1. The fourth-order valence-electron chi connectivity index (χ4n) is 3.63. The maximum Gasteiger partial charge on any atom is 0.303 e. The Bertz CT molecular complexity index is 706. The van der Waals surface area contributed by atoms with Gasteiger partial charge in [-0.3, -0.25) is 4.79 Å². The first kappa shape index (κ1) is 19.6. The van der Waals surface area contributed by atoms with Gasteiger partial charge in [-0.05, 0) is 43.9 Å². The van der Waals surface area contributed by atoms with Crippen molar-refractivity contribution in [2.45, 2.75) is 44.8 Å². The number of hydrogen-bond donors (Lipinski definition) is 1. The fourth-order valence-corrected chi connectivity index (χ4v) is 3.63. The Labute approximate surface area is 161 Å². The summed E-state index contributed by atoms with van der Waals surface area (Å²) in [6.45, 7) is 4.90. The molecule has 1 fully saturated rings. The van der Waals surface area contributed by atoms with Crippen LogP contribution in [-0.4, -0.2) is 41.7 Å². The number of hydrogen-bond acceptors (Lipinski definition) is 3. The summed E-state index contributed by atoms with van der Waals surface area (Å²) < 4.78 is 6.57. The Hall–Kier alpha value is -2.17. The van der Waals surface area contributed by atoms with Crippen molar-refractivity contribution < 1.29 is 14.6 Å². The molecule has 0 amide bonds. The molecule has 27 heavy (non-hydrogen) atoms. The molecule has 1 aliphatic heterocycles.